The van der Waals surface area contributed by atoms with E-state index in [4.69, 9.17) is 9.47 Å². The fourth-order valence-corrected chi connectivity index (χ4v) is 5.16. The topological polar surface area (TPSA) is 79.9 Å². The maximum absolute atomic E-state index is 13.0. The Hall–Kier alpha value is -2.84. The highest BCUT2D eigenvalue weighted by atomic mass is 32.1. The molecule has 2 atom stereocenters. The van der Waals surface area contributed by atoms with Crippen molar-refractivity contribution in [3.63, 3.8) is 0 Å². The molecule has 2 N–H and O–H groups in total. The van der Waals surface area contributed by atoms with Crippen molar-refractivity contribution in [3.8, 4) is 5.75 Å². The number of nitrogens with one attached hydrogen (secondary N) is 2. The number of ether oxygens (including phenoxy) is 2. The third-order valence-electron chi connectivity index (χ3n) is 5.69. The lowest BCUT2D eigenvalue weighted by atomic mass is 9.94. The highest BCUT2D eigenvalue weighted by Crippen LogP contribution is 2.36. The molecule has 1 fully saturated rings. The Balaban J connectivity index is 1.69. The molecule has 2 amide bonds. The summed E-state index contributed by atoms with van der Waals surface area (Å²) in [6, 6.07) is 10.9. The summed E-state index contributed by atoms with van der Waals surface area (Å²) in [6.45, 7) is 3.44. The zero-order chi connectivity index (χ0) is 21.8. The molecule has 0 aliphatic carbocycles. The number of carbonyl (C=O) groups excluding carboxylic acids is 2. The first kappa shape index (κ1) is 21.4. The minimum Gasteiger partial charge on any atom is -0.497 e. The number of hydrogen-bond acceptors (Lipinski definition) is 6. The molecule has 1 aromatic heterocycles. The number of methoxy groups -OCH3 is 1. The van der Waals surface area contributed by atoms with Crippen molar-refractivity contribution in [3.05, 3.63) is 63.5 Å². The minimum atomic E-state index is -0.587. The standard InChI is InChI=1S/C23H27N3O4S/c1-3-30-22(27)20-17(14-26-12-4-6-18(26)19-7-5-13-31-19)24-23(28)25-21(20)15-8-10-16(29-2)11-9-15/h5,7-11,13,18,21H,3-4,6,12,14H2,1-2H3,(H2,24,25,28). The molecule has 2 aliphatic rings. The molecule has 3 heterocycles. The van der Waals surface area contributed by atoms with Crippen LogP contribution in [0.4, 0.5) is 4.79 Å². The first-order valence-electron chi connectivity index (χ1n) is 10.5. The molecule has 7 nitrogen and oxygen atoms in total. The predicted octanol–water partition coefficient (Wildman–Crippen LogP) is 3.76. The number of likely N-dealkylation sites (tertiary alicyclic amines) is 1. The normalized spacial score (nSPS) is 21.5. The second kappa shape index (κ2) is 9.53. The van der Waals surface area contributed by atoms with Crippen LogP contribution in [0.1, 0.15) is 42.3 Å². The Morgan fingerprint density at radius 1 is 1.26 bits per heavy atom. The van der Waals surface area contributed by atoms with Gasteiger partial charge in [0.05, 0.1) is 25.3 Å². The van der Waals surface area contributed by atoms with Gasteiger partial charge in [-0.05, 0) is 55.5 Å². The Labute approximate surface area is 186 Å². The van der Waals surface area contributed by atoms with E-state index in [1.807, 2.05) is 24.3 Å². The van der Waals surface area contributed by atoms with E-state index in [0.29, 0.717) is 29.6 Å². The van der Waals surface area contributed by atoms with Crippen LogP contribution in [0.3, 0.4) is 0 Å². The largest absolute Gasteiger partial charge is 0.497 e. The van der Waals surface area contributed by atoms with Gasteiger partial charge in [-0.2, -0.15) is 0 Å². The molecule has 164 valence electrons. The van der Waals surface area contributed by atoms with E-state index in [1.165, 1.54) is 4.88 Å². The van der Waals surface area contributed by atoms with Crippen molar-refractivity contribution in [2.75, 3.05) is 26.8 Å². The van der Waals surface area contributed by atoms with Crippen LogP contribution in [0.2, 0.25) is 0 Å². The van der Waals surface area contributed by atoms with Gasteiger partial charge in [0.15, 0.2) is 0 Å². The molecular weight excluding hydrogens is 414 g/mol. The van der Waals surface area contributed by atoms with Crippen molar-refractivity contribution in [1.82, 2.24) is 15.5 Å². The number of thiophene rings is 1. The Kier molecular flexibility index (Phi) is 6.58. The third-order valence-corrected chi connectivity index (χ3v) is 6.67. The molecule has 4 rings (SSSR count). The lowest BCUT2D eigenvalue weighted by Crippen LogP contribution is -2.48. The maximum atomic E-state index is 13.0. The van der Waals surface area contributed by atoms with E-state index in [2.05, 4.69) is 33.0 Å². The summed E-state index contributed by atoms with van der Waals surface area (Å²) < 4.78 is 10.6. The first-order chi connectivity index (χ1) is 15.1. The van der Waals surface area contributed by atoms with E-state index < -0.39 is 12.0 Å². The number of esters is 1. The van der Waals surface area contributed by atoms with E-state index in [0.717, 1.165) is 24.9 Å². The van der Waals surface area contributed by atoms with Gasteiger partial charge < -0.3 is 20.1 Å². The maximum Gasteiger partial charge on any atom is 0.338 e. The van der Waals surface area contributed by atoms with E-state index in [1.54, 1.807) is 25.4 Å². The number of carbonyl (C=O) groups is 2. The monoisotopic (exact) mass is 441 g/mol. The molecule has 0 spiro atoms. The second-order valence-corrected chi connectivity index (χ2v) is 8.54. The van der Waals surface area contributed by atoms with Crippen LogP contribution in [-0.4, -0.2) is 43.7 Å². The predicted molar refractivity (Wildman–Crippen MR) is 119 cm³/mol. The van der Waals surface area contributed by atoms with Crippen LogP contribution in [0, 0.1) is 0 Å². The fourth-order valence-electron chi connectivity index (χ4n) is 4.26. The number of rotatable bonds is 7. The van der Waals surface area contributed by atoms with Gasteiger partial charge in [0.2, 0.25) is 0 Å². The number of amides is 2. The van der Waals surface area contributed by atoms with Crippen LogP contribution >= 0.6 is 11.3 Å². The molecule has 31 heavy (non-hydrogen) atoms. The third kappa shape index (κ3) is 4.60. The average Bonchev–Trinajstić information content (AvgIpc) is 3.45. The quantitative estimate of drug-likeness (QED) is 0.640. The second-order valence-electron chi connectivity index (χ2n) is 7.56. The lowest BCUT2D eigenvalue weighted by Gasteiger charge is -2.32. The summed E-state index contributed by atoms with van der Waals surface area (Å²) in [5.74, 6) is 0.291. The number of benzene rings is 1. The summed E-state index contributed by atoms with van der Waals surface area (Å²) in [5, 5.41) is 7.86. The molecule has 2 unspecified atom stereocenters. The number of nitrogens with zero attached hydrogens (tertiary/aromatic N) is 1. The zero-order valence-corrected chi connectivity index (χ0v) is 18.5. The van der Waals surface area contributed by atoms with Gasteiger partial charge in [-0.15, -0.1) is 11.3 Å². The molecule has 0 saturated carbocycles. The molecule has 8 heteroatoms. The van der Waals surface area contributed by atoms with Crippen LogP contribution in [0.25, 0.3) is 0 Å². The summed E-state index contributed by atoms with van der Waals surface area (Å²) in [5.41, 5.74) is 1.85. The van der Waals surface area contributed by atoms with Crippen LogP contribution in [0.5, 0.6) is 5.75 Å². The van der Waals surface area contributed by atoms with E-state index in [9.17, 15) is 9.59 Å². The molecular formula is C23H27N3O4S. The summed E-state index contributed by atoms with van der Waals surface area (Å²) in [6.07, 6.45) is 2.15. The number of urea groups is 1. The smallest absolute Gasteiger partial charge is 0.338 e. The van der Waals surface area contributed by atoms with Crippen molar-refractivity contribution in [1.29, 1.82) is 0 Å². The zero-order valence-electron chi connectivity index (χ0n) is 17.7. The Bertz CT molecular complexity index is 956. The summed E-state index contributed by atoms with van der Waals surface area (Å²) in [4.78, 5) is 29.2. The lowest BCUT2D eigenvalue weighted by molar-refractivity contribution is -0.139. The van der Waals surface area contributed by atoms with Crippen molar-refractivity contribution < 1.29 is 19.1 Å². The van der Waals surface area contributed by atoms with E-state index in [-0.39, 0.29) is 12.6 Å². The molecule has 0 bridgehead atoms. The molecule has 2 aliphatic heterocycles. The van der Waals surface area contributed by atoms with Gasteiger partial charge >= 0.3 is 12.0 Å². The summed E-state index contributed by atoms with van der Waals surface area (Å²) >= 11 is 1.74. The van der Waals surface area contributed by atoms with Gasteiger partial charge in [0, 0.05) is 23.2 Å². The van der Waals surface area contributed by atoms with Crippen LogP contribution in [0.15, 0.2) is 53.0 Å². The van der Waals surface area contributed by atoms with Gasteiger partial charge in [-0.3, -0.25) is 4.90 Å². The average molecular weight is 442 g/mol. The molecule has 2 aromatic rings. The first-order valence-corrected chi connectivity index (χ1v) is 11.4. The van der Waals surface area contributed by atoms with Gasteiger partial charge in [-0.1, -0.05) is 18.2 Å². The van der Waals surface area contributed by atoms with Gasteiger partial charge in [0.25, 0.3) is 0 Å². The van der Waals surface area contributed by atoms with Crippen LogP contribution in [-0.2, 0) is 9.53 Å². The van der Waals surface area contributed by atoms with Crippen LogP contribution < -0.4 is 15.4 Å². The molecule has 0 radical (unpaired) electrons. The highest BCUT2D eigenvalue weighted by molar-refractivity contribution is 7.10. The fraction of sp³-hybridized carbons (Fsp3) is 0.391. The molecule has 1 saturated heterocycles. The molecule has 1 aromatic carbocycles. The van der Waals surface area contributed by atoms with Crippen molar-refractivity contribution in [2.24, 2.45) is 0 Å². The minimum absolute atomic E-state index is 0.264. The van der Waals surface area contributed by atoms with E-state index >= 15 is 0 Å². The van der Waals surface area contributed by atoms with Gasteiger partial charge in [0.1, 0.15) is 5.75 Å². The van der Waals surface area contributed by atoms with Crippen molar-refractivity contribution in [2.45, 2.75) is 31.8 Å². The van der Waals surface area contributed by atoms with Crippen molar-refractivity contribution >= 4 is 23.3 Å². The summed E-state index contributed by atoms with van der Waals surface area (Å²) in [7, 11) is 1.60. The van der Waals surface area contributed by atoms with Gasteiger partial charge in [-0.25, -0.2) is 9.59 Å². The Morgan fingerprint density at radius 2 is 2.06 bits per heavy atom. The highest BCUT2D eigenvalue weighted by Gasteiger charge is 2.36. The number of hydrogen-bond donors (Lipinski definition) is 2. The SMILES string of the molecule is CCOC(=O)C1=C(CN2CCCC2c2cccs2)NC(=O)NC1c1ccc(OC)cc1. The Morgan fingerprint density at radius 3 is 2.74 bits per heavy atom.